The molecule has 0 radical (unpaired) electrons. The first kappa shape index (κ1) is 15.7. The largest absolute Gasteiger partial charge is 0.454 e. The minimum Gasteiger partial charge on any atom is -0.454 e. The lowest BCUT2D eigenvalue weighted by Crippen LogP contribution is -2.40. The molecule has 3 heterocycles. The molecule has 1 amide bonds. The van der Waals surface area contributed by atoms with Gasteiger partial charge in [-0.05, 0) is 43.9 Å². The van der Waals surface area contributed by atoms with Gasteiger partial charge in [0.25, 0.3) is 0 Å². The molecule has 6 nitrogen and oxygen atoms in total. The minimum atomic E-state index is -0.470. The number of ether oxygens (including phenoxy) is 2. The molecule has 3 aliphatic rings. The summed E-state index contributed by atoms with van der Waals surface area (Å²) in [6.07, 6.45) is 6.35. The van der Waals surface area contributed by atoms with Crippen LogP contribution in [0.5, 0.6) is 11.5 Å². The molecule has 1 aliphatic carbocycles. The topological polar surface area (TPSA) is 64.8 Å². The van der Waals surface area contributed by atoms with Gasteiger partial charge < -0.3 is 18.9 Å². The standard InChI is InChI=1S/C20H22N2O4/c23-19(22-9-3-1-2-4-10-22)20(7-8-20)18-12-16(26-21-18)14-5-6-15-17(11-14)25-13-24-15/h5-6,11-12H,1-4,7-10,13H2. The van der Waals surface area contributed by atoms with Crippen molar-refractivity contribution in [2.24, 2.45) is 0 Å². The lowest BCUT2D eigenvalue weighted by molar-refractivity contribution is -0.134. The number of hydrogen-bond acceptors (Lipinski definition) is 5. The summed E-state index contributed by atoms with van der Waals surface area (Å²) in [5.41, 5.74) is 1.17. The number of fused-ring (bicyclic) bond motifs is 1. The second kappa shape index (κ2) is 6.04. The molecule has 1 aromatic heterocycles. The van der Waals surface area contributed by atoms with Crippen molar-refractivity contribution < 1.29 is 18.8 Å². The summed E-state index contributed by atoms with van der Waals surface area (Å²) >= 11 is 0. The van der Waals surface area contributed by atoms with Crippen LogP contribution in [-0.2, 0) is 10.2 Å². The van der Waals surface area contributed by atoms with Gasteiger partial charge in [0, 0.05) is 24.7 Å². The Kier molecular flexibility index (Phi) is 3.65. The normalized spacial score (nSPS) is 20.7. The van der Waals surface area contributed by atoms with Gasteiger partial charge >= 0.3 is 0 Å². The van der Waals surface area contributed by atoms with Crippen molar-refractivity contribution in [2.75, 3.05) is 19.9 Å². The molecule has 1 saturated carbocycles. The first-order chi connectivity index (χ1) is 12.8. The van der Waals surface area contributed by atoms with Crippen LogP contribution in [0.1, 0.15) is 44.2 Å². The lowest BCUT2D eigenvalue weighted by Gasteiger charge is -2.24. The van der Waals surface area contributed by atoms with E-state index in [1.165, 1.54) is 12.8 Å². The van der Waals surface area contributed by atoms with E-state index in [9.17, 15) is 4.79 Å². The van der Waals surface area contributed by atoms with Gasteiger partial charge in [-0.25, -0.2) is 0 Å². The number of aromatic nitrogens is 1. The van der Waals surface area contributed by atoms with E-state index in [4.69, 9.17) is 14.0 Å². The summed E-state index contributed by atoms with van der Waals surface area (Å²) in [7, 11) is 0. The van der Waals surface area contributed by atoms with E-state index in [1.807, 2.05) is 29.2 Å². The van der Waals surface area contributed by atoms with Gasteiger partial charge in [-0.1, -0.05) is 18.0 Å². The number of amides is 1. The predicted molar refractivity (Wildman–Crippen MR) is 94.0 cm³/mol. The Labute approximate surface area is 152 Å². The van der Waals surface area contributed by atoms with E-state index in [0.29, 0.717) is 11.5 Å². The van der Waals surface area contributed by atoms with Crippen molar-refractivity contribution in [1.82, 2.24) is 10.1 Å². The molecule has 1 aromatic carbocycles. The van der Waals surface area contributed by atoms with Gasteiger partial charge in [0.05, 0.1) is 11.1 Å². The fourth-order valence-corrected chi connectivity index (χ4v) is 3.97. The average molecular weight is 354 g/mol. The first-order valence-corrected chi connectivity index (χ1v) is 9.43. The van der Waals surface area contributed by atoms with Crippen LogP contribution in [0.3, 0.4) is 0 Å². The lowest BCUT2D eigenvalue weighted by atomic mass is 9.99. The van der Waals surface area contributed by atoms with Crippen LogP contribution in [0.15, 0.2) is 28.8 Å². The van der Waals surface area contributed by atoms with E-state index < -0.39 is 5.41 Å². The number of rotatable bonds is 3. The highest BCUT2D eigenvalue weighted by Gasteiger charge is 2.55. The molecule has 0 bridgehead atoms. The maximum absolute atomic E-state index is 13.1. The first-order valence-electron chi connectivity index (χ1n) is 9.43. The summed E-state index contributed by atoms with van der Waals surface area (Å²) in [6, 6.07) is 7.60. The second-order valence-corrected chi connectivity index (χ2v) is 7.43. The zero-order chi connectivity index (χ0) is 17.6. The Bertz CT molecular complexity index is 832. The van der Waals surface area contributed by atoms with Crippen LogP contribution in [0.4, 0.5) is 0 Å². The van der Waals surface area contributed by atoms with Gasteiger partial charge in [-0.15, -0.1) is 0 Å². The van der Waals surface area contributed by atoms with E-state index >= 15 is 0 Å². The molecule has 0 N–H and O–H groups in total. The number of hydrogen-bond donors (Lipinski definition) is 0. The quantitative estimate of drug-likeness (QED) is 0.844. The Balaban J connectivity index is 1.40. The van der Waals surface area contributed by atoms with Crippen LogP contribution in [0.25, 0.3) is 11.3 Å². The molecule has 6 heteroatoms. The molecule has 26 heavy (non-hydrogen) atoms. The molecule has 2 aliphatic heterocycles. The third kappa shape index (κ3) is 2.55. The van der Waals surface area contributed by atoms with Gasteiger partial charge in [-0.2, -0.15) is 0 Å². The highest BCUT2D eigenvalue weighted by molar-refractivity contribution is 5.91. The number of nitrogens with zero attached hydrogens (tertiary/aromatic N) is 2. The number of carbonyl (C=O) groups is 1. The monoisotopic (exact) mass is 354 g/mol. The van der Waals surface area contributed by atoms with Crippen molar-refractivity contribution in [3.05, 3.63) is 30.0 Å². The Morgan fingerprint density at radius 1 is 1.00 bits per heavy atom. The van der Waals surface area contributed by atoms with Gasteiger partial charge in [0.1, 0.15) is 0 Å². The number of benzene rings is 1. The van der Waals surface area contributed by atoms with E-state index in [1.54, 1.807) is 0 Å². The molecule has 1 saturated heterocycles. The molecule has 2 aromatic rings. The number of carbonyl (C=O) groups excluding carboxylic acids is 1. The van der Waals surface area contributed by atoms with Crippen molar-refractivity contribution >= 4 is 5.91 Å². The highest BCUT2D eigenvalue weighted by atomic mass is 16.7. The zero-order valence-electron chi connectivity index (χ0n) is 14.7. The SMILES string of the molecule is O=C(N1CCCCCC1)C1(c2cc(-c3ccc4c(c3)OCO4)on2)CC1. The Morgan fingerprint density at radius 3 is 2.54 bits per heavy atom. The summed E-state index contributed by atoms with van der Waals surface area (Å²) in [5, 5.41) is 4.27. The molecule has 136 valence electrons. The fraction of sp³-hybridized carbons (Fsp3) is 0.500. The van der Waals surface area contributed by atoms with Crippen LogP contribution < -0.4 is 9.47 Å². The summed E-state index contributed by atoms with van der Waals surface area (Å²) < 4.78 is 16.4. The van der Waals surface area contributed by atoms with Crippen molar-refractivity contribution in [3.8, 4) is 22.8 Å². The number of likely N-dealkylation sites (tertiary alicyclic amines) is 1. The van der Waals surface area contributed by atoms with Crippen molar-refractivity contribution in [3.63, 3.8) is 0 Å². The van der Waals surface area contributed by atoms with Crippen molar-refractivity contribution in [2.45, 2.75) is 43.9 Å². The molecule has 0 atom stereocenters. The van der Waals surface area contributed by atoms with E-state index in [2.05, 4.69) is 5.16 Å². The molecule has 0 unspecified atom stereocenters. The van der Waals surface area contributed by atoms with E-state index in [-0.39, 0.29) is 12.7 Å². The molecular weight excluding hydrogens is 332 g/mol. The summed E-state index contributed by atoms with van der Waals surface area (Å²) in [6.45, 7) is 1.98. The zero-order valence-corrected chi connectivity index (χ0v) is 14.7. The smallest absolute Gasteiger partial charge is 0.234 e. The Hall–Kier alpha value is -2.50. The van der Waals surface area contributed by atoms with Gasteiger partial charge in [0.2, 0.25) is 12.7 Å². The summed E-state index contributed by atoms with van der Waals surface area (Å²) in [5.74, 6) is 2.34. The minimum absolute atomic E-state index is 0.227. The van der Waals surface area contributed by atoms with E-state index in [0.717, 1.165) is 55.8 Å². The summed E-state index contributed by atoms with van der Waals surface area (Å²) in [4.78, 5) is 15.2. The maximum atomic E-state index is 13.1. The molecule has 5 rings (SSSR count). The third-order valence-corrected chi connectivity index (χ3v) is 5.71. The molecule has 2 fully saturated rings. The van der Waals surface area contributed by atoms with Gasteiger partial charge in [-0.3, -0.25) is 4.79 Å². The fourth-order valence-electron chi connectivity index (χ4n) is 3.97. The van der Waals surface area contributed by atoms with Crippen LogP contribution in [0, 0.1) is 0 Å². The highest BCUT2D eigenvalue weighted by Crippen LogP contribution is 2.50. The maximum Gasteiger partial charge on any atom is 0.234 e. The molecular formula is C20H22N2O4. The van der Waals surface area contributed by atoms with Crippen LogP contribution in [-0.4, -0.2) is 35.8 Å². The predicted octanol–water partition coefficient (Wildman–Crippen LogP) is 3.50. The second-order valence-electron chi connectivity index (χ2n) is 7.43. The van der Waals surface area contributed by atoms with Gasteiger partial charge in [0.15, 0.2) is 17.3 Å². The third-order valence-electron chi connectivity index (χ3n) is 5.71. The van der Waals surface area contributed by atoms with Crippen molar-refractivity contribution in [1.29, 1.82) is 0 Å². The average Bonchev–Trinajstić information content (AvgIpc) is 3.21. The Morgan fingerprint density at radius 2 is 1.77 bits per heavy atom. The molecule has 0 spiro atoms. The van der Waals surface area contributed by atoms with Crippen LogP contribution >= 0.6 is 0 Å². The van der Waals surface area contributed by atoms with Crippen LogP contribution in [0.2, 0.25) is 0 Å².